The maximum Gasteiger partial charge on any atom is 0.296 e. The van der Waals surface area contributed by atoms with Crippen molar-refractivity contribution >= 4 is 17.4 Å². The lowest BCUT2D eigenvalue weighted by Gasteiger charge is -2.24. The molecule has 1 N–H and O–H groups in total. The van der Waals surface area contributed by atoms with Crippen molar-refractivity contribution in [2.75, 3.05) is 13.7 Å². The lowest BCUT2D eigenvalue weighted by Crippen LogP contribution is -2.29. The second kappa shape index (κ2) is 9.48. The van der Waals surface area contributed by atoms with Crippen LogP contribution in [0, 0.1) is 0 Å². The summed E-state index contributed by atoms with van der Waals surface area (Å²) in [5.74, 6) is -0.0636. The van der Waals surface area contributed by atoms with Crippen molar-refractivity contribution in [1.29, 1.82) is 0 Å². The first-order valence-electron chi connectivity index (χ1n) is 10.3. The zero-order valence-electron chi connectivity index (χ0n) is 18.1. The summed E-state index contributed by atoms with van der Waals surface area (Å²) in [6.45, 7) is 4.03. The number of benzene rings is 2. The van der Waals surface area contributed by atoms with E-state index in [1.807, 2.05) is 0 Å². The third kappa shape index (κ3) is 4.39. The van der Waals surface area contributed by atoms with E-state index in [-0.39, 0.29) is 17.9 Å². The first kappa shape index (κ1) is 22.0. The Morgan fingerprint density at radius 2 is 1.91 bits per heavy atom. The predicted molar refractivity (Wildman–Crippen MR) is 122 cm³/mol. The van der Waals surface area contributed by atoms with Crippen molar-refractivity contribution in [3.05, 3.63) is 102 Å². The third-order valence-electron chi connectivity index (χ3n) is 5.35. The molecule has 4 rings (SSSR count). The van der Waals surface area contributed by atoms with Crippen molar-refractivity contribution in [3.63, 3.8) is 0 Å². The summed E-state index contributed by atoms with van der Waals surface area (Å²) in [6, 6.07) is 16.3. The Kier molecular flexibility index (Phi) is 6.31. The molecule has 3 aromatic rings. The van der Waals surface area contributed by atoms with Crippen LogP contribution in [0.5, 0.6) is 11.5 Å². The first-order chi connectivity index (χ1) is 16.0. The number of hydrogen-bond acceptors (Lipinski definition) is 6. The van der Waals surface area contributed by atoms with Crippen molar-refractivity contribution in [2.45, 2.75) is 12.6 Å². The fourth-order valence-corrected chi connectivity index (χ4v) is 3.79. The second-order valence-electron chi connectivity index (χ2n) is 7.41. The summed E-state index contributed by atoms with van der Waals surface area (Å²) in [7, 11) is 1.54. The summed E-state index contributed by atoms with van der Waals surface area (Å²) in [5.41, 5.74) is 1.03. The van der Waals surface area contributed by atoms with Crippen LogP contribution in [0.15, 0.2) is 89.6 Å². The number of nitrogens with zero attached hydrogens (tertiary/aromatic N) is 1. The Bertz CT molecular complexity index is 1190. The molecule has 7 nitrogen and oxygen atoms in total. The van der Waals surface area contributed by atoms with Gasteiger partial charge >= 0.3 is 0 Å². The van der Waals surface area contributed by atoms with Gasteiger partial charge in [0.15, 0.2) is 0 Å². The lowest BCUT2D eigenvalue weighted by molar-refractivity contribution is -0.140. The first-order valence-corrected chi connectivity index (χ1v) is 10.3. The molecule has 0 bridgehead atoms. The van der Waals surface area contributed by atoms with Crippen LogP contribution in [0.1, 0.15) is 22.9 Å². The highest BCUT2D eigenvalue weighted by Crippen LogP contribution is 2.41. The molecule has 1 amide bonds. The van der Waals surface area contributed by atoms with Gasteiger partial charge in [0, 0.05) is 5.56 Å². The number of ether oxygens (including phenoxy) is 2. The average Bonchev–Trinajstić information content (AvgIpc) is 3.45. The summed E-state index contributed by atoms with van der Waals surface area (Å²) in [5, 5.41) is 11.1. The largest absolute Gasteiger partial charge is 0.507 e. The Morgan fingerprint density at radius 3 is 2.58 bits per heavy atom. The van der Waals surface area contributed by atoms with Crippen LogP contribution in [0.4, 0.5) is 0 Å². The van der Waals surface area contributed by atoms with Crippen LogP contribution in [0.3, 0.4) is 0 Å². The number of Topliss-reactive ketones (excluding diaryl/α,β-unsaturated/α-hetero) is 1. The van der Waals surface area contributed by atoms with Gasteiger partial charge in [-0.15, -0.1) is 0 Å². The minimum Gasteiger partial charge on any atom is -0.507 e. The van der Waals surface area contributed by atoms with E-state index in [1.54, 1.807) is 66.7 Å². The molecule has 0 saturated carbocycles. The molecule has 1 aromatic heterocycles. The highest BCUT2D eigenvalue weighted by atomic mass is 16.5. The van der Waals surface area contributed by atoms with Crippen LogP contribution < -0.4 is 9.47 Å². The summed E-state index contributed by atoms with van der Waals surface area (Å²) < 4.78 is 16.2. The van der Waals surface area contributed by atoms with Crippen molar-refractivity contribution in [1.82, 2.24) is 4.90 Å². The maximum absolute atomic E-state index is 13.1. The van der Waals surface area contributed by atoms with E-state index in [4.69, 9.17) is 13.9 Å². The van der Waals surface area contributed by atoms with Gasteiger partial charge < -0.3 is 23.9 Å². The molecule has 0 radical (unpaired) electrons. The fourth-order valence-electron chi connectivity index (χ4n) is 3.79. The van der Waals surface area contributed by atoms with E-state index in [1.165, 1.54) is 18.3 Å². The molecule has 1 aliphatic heterocycles. The molecule has 1 atom stereocenters. The number of carbonyl (C=O) groups is 2. The highest BCUT2D eigenvalue weighted by molar-refractivity contribution is 6.46. The highest BCUT2D eigenvalue weighted by Gasteiger charge is 2.46. The van der Waals surface area contributed by atoms with Gasteiger partial charge in [0.05, 0.1) is 31.5 Å². The molecule has 33 heavy (non-hydrogen) atoms. The number of amides is 1. The minimum atomic E-state index is -0.818. The van der Waals surface area contributed by atoms with E-state index in [9.17, 15) is 14.7 Å². The summed E-state index contributed by atoms with van der Waals surface area (Å²) in [4.78, 5) is 27.5. The van der Waals surface area contributed by atoms with E-state index in [0.29, 0.717) is 35.0 Å². The van der Waals surface area contributed by atoms with Gasteiger partial charge in [-0.05, 0) is 54.1 Å². The molecule has 1 fully saturated rings. The molecule has 0 aliphatic carbocycles. The quantitative estimate of drug-likeness (QED) is 0.238. The van der Waals surface area contributed by atoms with Crippen LogP contribution in [-0.4, -0.2) is 35.4 Å². The van der Waals surface area contributed by atoms with Crippen LogP contribution >= 0.6 is 0 Å². The van der Waals surface area contributed by atoms with Crippen LogP contribution in [-0.2, 0) is 16.1 Å². The molecular formula is C26H23NO6. The third-order valence-corrected chi connectivity index (χ3v) is 5.35. The monoisotopic (exact) mass is 445 g/mol. The second-order valence-corrected chi connectivity index (χ2v) is 7.41. The molecule has 1 unspecified atom stereocenters. The Morgan fingerprint density at radius 1 is 1.12 bits per heavy atom. The van der Waals surface area contributed by atoms with Gasteiger partial charge in [-0.1, -0.05) is 24.8 Å². The van der Waals surface area contributed by atoms with Gasteiger partial charge in [0.2, 0.25) is 0 Å². The Hall–Kier alpha value is -4.26. The number of furan rings is 1. The normalized spacial score (nSPS) is 17.2. The van der Waals surface area contributed by atoms with Gasteiger partial charge in [-0.2, -0.15) is 0 Å². The van der Waals surface area contributed by atoms with Crippen molar-refractivity contribution in [2.24, 2.45) is 0 Å². The molecule has 168 valence electrons. The predicted octanol–water partition coefficient (Wildman–Crippen LogP) is 4.47. The molecule has 2 aromatic carbocycles. The standard InChI is InChI=1S/C26H23NO6/c1-3-13-32-19-11-9-17(10-12-19)24(28)22-23(18-6-4-7-20(15-18)31-2)27(26(30)25(22)29)16-21-8-5-14-33-21/h3-12,14-15,23,28H,1,13,16H2,2H3/b24-22-. The van der Waals surface area contributed by atoms with Gasteiger partial charge in [0.1, 0.15) is 29.6 Å². The van der Waals surface area contributed by atoms with Gasteiger partial charge in [-0.25, -0.2) is 0 Å². The van der Waals surface area contributed by atoms with Crippen LogP contribution in [0.2, 0.25) is 0 Å². The minimum absolute atomic E-state index is 0.000399. The van der Waals surface area contributed by atoms with Gasteiger partial charge in [0.25, 0.3) is 11.7 Å². The number of methoxy groups -OCH3 is 1. The SMILES string of the molecule is C=CCOc1ccc(/C(O)=C2/C(=O)C(=O)N(Cc3ccco3)C2c2cccc(OC)c2)cc1. The topological polar surface area (TPSA) is 89.2 Å². The summed E-state index contributed by atoms with van der Waals surface area (Å²) >= 11 is 0. The van der Waals surface area contributed by atoms with Crippen LogP contribution in [0.25, 0.3) is 5.76 Å². The molecule has 2 heterocycles. The van der Waals surface area contributed by atoms with E-state index < -0.39 is 17.7 Å². The number of likely N-dealkylation sites (tertiary alicyclic amines) is 1. The zero-order valence-corrected chi connectivity index (χ0v) is 18.1. The summed E-state index contributed by atoms with van der Waals surface area (Å²) in [6.07, 6.45) is 3.13. The number of carbonyl (C=O) groups excluding carboxylic acids is 2. The molecule has 7 heteroatoms. The Labute approximate surface area is 191 Å². The van der Waals surface area contributed by atoms with E-state index in [2.05, 4.69) is 6.58 Å². The number of rotatable bonds is 8. The number of aliphatic hydroxyl groups is 1. The molecule has 0 spiro atoms. The fraction of sp³-hybridized carbons (Fsp3) is 0.154. The Balaban J connectivity index is 1.80. The number of ketones is 1. The average molecular weight is 445 g/mol. The molecule has 1 saturated heterocycles. The number of hydrogen-bond donors (Lipinski definition) is 1. The number of aliphatic hydroxyl groups excluding tert-OH is 1. The lowest BCUT2D eigenvalue weighted by atomic mass is 9.95. The molecular weight excluding hydrogens is 422 g/mol. The van der Waals surface area contributed by atoms with E-state index >= 15 is 0 Å². The smallest absolute Gasteiger partial charge is 0.296 e. The van der Waals surface area contributed by atoms with E-state index in [0.717, 1.165) is 0 Å². The van der Waals surface area contributed by atoms with Gasteiger partial charge in [-0.3, -0.25) is 9.59 Å². The van der Waals surface area contributed by atoms with Crippen molar-refractivity contribution < 1.29 is 28.6 Å². The van der Waals surface area contributed by atoms with Crippen molar-refractivity contribution in [3.8, 4) is 11.5 Å². The molecule has 1 aliphatic rings. The zero-order chi connectivity index (χ0) is 23.4. The maximum atomic E-state index is 13.1.